The summed E-state index contributed by atoms with van der Waals surface area (Å²) in [6.45, 7) is 9.92. The number of carbonyl (C=O) groups is 2. The molecule has 1 aliphatic heterocycles. The molecule has 0 aromatic rings. The van der Waals surface area contributed by atoms with E-state index >= 15 is 0 Å². The van der Waals surface area contributed by atoms with Crippen LogP contribution in [0.25, 0.3) is 0 Å². The van der Waals surface area contributed by atoms with Gasteiger partial charge in [0.1, 0.15) is 12.6 Å². The minimum Gasteiger partial charge on any atom is -0.463 e. The average molecular weight is 483 g/mol. The van der Waals surface area contributed by atoms with Crippen LogP contribution in [0.5, 0.6) is 0 Å². The van der Waals surface area contributed by atoms with Gasteiger partial charge in [0.25, 0.3) is 8.53 Å². The molecule has 33 heavy (non-hydrogen) atoms. The summed E-state index contributed by atoms with van der Waals surface area (Å²) in [5.41, 5.74) is 0. The molecule has 1 unspecified atom stereocenters. The van der Waals surface area contributed by atoms with Crippen LogP contribution in [0.1, 0.15) is 79.1 Å². The van der Waals surface area contributed by atoms with Gasteiger partial charge in [-0.1, -0.05) is 6.42 Å². The lowest BCUT2D eigenvalue weighted by molar-refractivity contribution is -0.153. The quantitative estimate of drug-likeness (QED) is 0.182. The van der Waals surface area contributed by atoms with Gasteiger partial charge in [0, 0.05) is 25.0 Å². The molecule has 1 amide bonds. The maximum absolute atomic E-state index is 12.6. The van der Waals surface area contributed by atoms with Crippen molar-refractivity contribution in [2.24, 2.45) is 0 Å². The van der Waals surface area contributed by atoms with Crippen molar-refractivity contribution in [2.45, 2.75) is 97.2 Å². The SMILES string of the molecule is CC(C)N(C(C)C)P(OCCC#N)OCCCCCC(=O)N1CCC[C@H]1C(=O)OCCC#N. The molecule has 0 aromatic carbocycles. The minimum absolute atomic E-state index is 0.0245. The number of unbranched alkanes of at least 4 members (excludes halogenated alkanes) is 2. The van der Waals surface area contributed by atoms with Crippen LogP contribution >= 0.6 is 8.53 Å². The molecule has 0 radical (unpaired) electrons. The smallest absolute Gasteiger partial charge is 0.328 e. The third kappa shape index (κ3) is 10.8. The summed E-state index contributed by atoms with van der Waals surface area (Å²) in [4.78, 5) is 26.4. The molecule has 0 aromatic heterocycles. The molecule has 9 nitrogen and oxygen atoms in total. The van der Waals surface area contributed by atoms with Gasteiger partial charge in [-0.05, 0) is 53.4 Å². The molecular weight excluding hydrogens is 443 g/mol. The molecule has 186 valence electrons. The summed E-state index contributed by atoms with van der Waals surface area (Å²) >= 11 is 0. The maximum Gasteiger partial charge on any atom is 0.328 e. The summed E-state index contributed by atoms with van der Waals surface area (Å²) in [6, 6.07) is 4.03. The second kappa shape index (κ2) is 16.8. The molecule has 0 spiro atoms. The first-order valence-corrected chi connectivity index (χ1v) is 13.0. The Balaban J connectivity index is 2.39. The van der Waals surface area contributed by atoms with E-state index < -0.39 is 20.5 Å². The van der Waals surface area contributed by atoms with Crippen molar-refractivity contribution >= 4 is 20.4 Å². The Bertz CT molecular complexity index is 669. The molecule has 1 rings (SSSR count). The van der Waals surface area contributed by atoms with E-state index in [4.69, 9.17) is 24.3 Å². The van der Waals surface area contributed by atoms with Crippen molar-refractivity contribution in [1.82, 2.24) is 9.57 Å². The molecule has 0 saturated carbocycles. The monoisotopic (exact) mass is 482 g/mol. The zero-order chi connectivity index (χ0) is 24.6. The van der Waals surface area contributed by atoms with E-state index in [-0.39, 0.29) is 31.0 Å². The first-order valence-electron chi connectivity index (χ1n) is 11.9. The van der Waals surface area contributed by atoms with Gasteiger partial charge in [-0.25, -0.2) is 9.46 Å². The van der Waals surface area contributed by atoms with Crippen molar-refractivity contribution in [2.75, 3.05) is 26.4 Å². The zero-order valence-corrected chi connectivity index (χ0v) is 21.4. The Morgan fingerprint density at radius 2 is 1.64 bits per heavy atom. The van der Waals surface area contributed by atoms with Crippen molar-refractivity contribution in [1.29, 1.82) is 10.5 Å². The Morgan fingerprint density at radius 1 is 1.00 bits per heavy atom. The number of rotatable bonds is 16. The standard InChI is InChI=1S/C23H39N4O5P/c1-19(2)27(20(3)4)33(32-18-10-14-25)31-17-7-5-6-12-22(28)26-15-8-11-21(26)23(29)30-16-9-13-24/h19-21H,5-12,15-18H2,1-4H3/t21-,33?/m0/s1. The van der Waals surface area contributed by atoms with Gasteiger partial charge >= 0.3 is 5.97 Å². The highest BCUT2D eigenvalue weighted by molar-refractivity contribution is 7.44. The number of likely N-dealkylation sites (tertiary alicyclic amines) is 1. The van der Waals surface area contributed by atoms with Crippen LogP contribution in [0.3, 0.4) is 0 Å². The number of hydrogen-bond donors (Lipinski definition) is 0. The van der Waals surface area contributed by atoms with Crippen LogP contribution in [0, 0.1) is 22.7 Å². The topological polar surface area (TPSA) is 116 Å². The normalized spacial score (nSPS) is 16.8. The van der Waals surface area contributed by atoms with Gasteiger partial charge in [0.15, 0.2) is 0 Å². The van der Waals surface area contributed by atoms with Gasteiger partial charge < -0.3 is 18.7 Å². The van der Waals surface area contributed by atoms with Gasteiger partial charge in [0.2, 0.25) is 5.91 Å². The maximum atomic E-state index is 12.6. The lowest BCUT2D eigenvalue weighted by atomic mass is 10.1. The number of esters is 1. The fourth-order valence-corrected chi connectivity index (χ4v) is 5.39. The molecule has 1 saturated heterocycles. The van der Waals surface area contributed by atoms with Crippen molar-refractivity contribution in [3.05, 3.63) is 0 Å². The summed E-state index contributed by atoms with van der Waals surface area (Å²) < 4.78 is 19.2. The molecule has 2 atom stereocenters. The first-order chi connectivity index (χ1) is 15.8. The van der Waals surface area contributed by atoms with E-state index in [2.05, 4.69) is 38.4 Å². The lowest BCUT2D eigenvalue weighted by Crippen LogP contribution is -2.41. The molecule has 0 bridgehead atoms. The summed E-state index contributed by atoms with van der Waals surface area (Å²) in [6.07, 6.45) is 4.64. The third-order valence-electron chi connectivity index (χ3n) is 5.20. The largest absolute Gasteiger partial charge is 0.463 e. The number of ether oxygens (including phenoxy) is 1. The molecule has 0 aliphatic carbocycles. The molecule has 1 heterocycles. The van der Waals surface area contributed by atoms with Gasteiger partial charge in [-0.3, -0.25) is 4.79 Å². The Kier molecular flexibility index (Phi) is 14.9. The fourth-order valence-electron chi connectivity index (χ4n) is 3.76. The van der Waals surface area contributed by atoms with Gasteiger partial charge in [-0.15, -0.1) is 0 Å². The van der Waals surface area contributed by atoms with Crippen LogP contribution in [-0.4, -0.2) is 65.9 Å². The summed E-state index contributed by atoms with van der Waals surface area (Å²) in [7, 11) is -1.24. The highest BCUT2D eigenvalue weighted by Crippen LogP contribution is 2.46. The molecule has 0 N–H and O–H groups in total. The summed E-state index contributed by atoms with van der Waals surface area (Å²) in [5, 5.41) is 17.3. The Morgan fingerprint density at radius 3 is 2.27 bits per heavy atom. The molecular formula is C23H39N4O5P. The number of nitrogens with zero attached hydrogens (tertiary/aromatic N) is 4. The number of hydrogen-bond acceptors (Lipinski definition) is 8. The second-order valence-corrected chi connectivity index (χ2v) is 9.97. The lowest BCUT2D eigenvalue weighted by Gasteiger charge is -2.35. The highest BCUT2D eigenvalue weighted by Gasteiger charge is 2.34. The average Bonchev–Trinajstić information content (AvgIpc) is 3.25. The van der Waals surface area contributed by atoms with Gasteiger partial charge in [-0.2, -0.15) is 10.5 Å². The van der Waals surface area contributed by atoms with Crippen molar-refractivity contribution < 1.29 is 23.4 Å². The number of nitriles is 2. The van der Waals surface area contributed by atoms with Crippen molar-refractivity contribution in [3.8, 4) is 12.1 Å². The Hall–Kier alpha value is -1.77. The molecule has 10 heteroatoms. The zero-order valence-electron chi connectivity index (χ0n) is 20.5. The highest BCUT2D eigenvalue weighted by atomic mass is 31.2. The van der Waals surface area contributed by atoms with Crippen LogP contribution in [0.15, 0.2) is 0 Å². The number of amides is 1. The van der Waals surface area contributed by atoms with E-state index in [0.29, 0.717) is 39.0 Å². The van der Waals surface area contributed by atoms with Crippen LogP contribution < -0.4 is 0 Å². The predicted molar refractivity (Wildman–Crippen MR) is 126 cm³/mol. The molecule has 1 fully saturated rings. The van der Waals surface area contributed by atoms with E-state index in [1.807, 2.05) is 6.07 Å². The third-order valence-corrected chi connectivity index (χ3v) is 7.31. The van der Waals surface area contributed by atoms with Gasteiger partial charge in [0.05, 0.1) is 38.2 Å². The van der Waals surface area contributed by atoms with E-state index in [1.165, 1.54) is 0 Å². The fraction of sp³-hybridized carbons (Fsp3) is 0.826. The van der Waals surface area contributed by atoms with Crippen LogP contribution in [0.4, 0.5) is 0 Å². The molecule has 1 aliphatic rings. The summed E-state index contributed by atoms with van der Waals surface area (Å²) in [5.74, 6) is -0.433. The van der Waals surface area contributed by atoms with E-state index in [9.17, 15) is 9.59 Å². The predicted octanol–water partition coefficient (Wildman–Crippen LogP) is 4.29. The van der Waals surface area contributed by atoms with Crippen LogP contribution in [0.2, 0.25) is 0 Å². The Labute approximate surface area is 199 Å². The second-order valence-electron chi connectivity index (χ2n) is 8.51. The van der Waals surface area contributed by atoms with E-state index in [1.54, 1.807) is 4.90 Å². The minimum atomic E-state index is -1.24. The van der Waals surface area contributed by atoms with Crippen LogP contribution in [-0.2, 0) is 23.4 Å². The first kappa shape index (κ1) is 29.3. The van der Waals surface area contributed by atoms with Crippen molar-refractivity contribution in [3.63, 3.8) is 0 Å². The number of carbonyl (C=O) groups excluding carboxylic acids is 2. The van der Waals surface area contributed by atoms with E-state index in [0.717, 1.165) is 25.7 Å².